The number of aromatic nitrogens is 1. The summed E-state index contributed by atoms with van der Waals surface area (Å²) in [4.78, 5) is 11.8. The van der Waals surface area contributed by atoms with Gasteiger partial charge in [-0.25, -0.2) is 4.39 Å². The maximum Gasteiger partial charge on any atom is 0.310 e. The molecule has 0 bridgehead atoms. The van der Waals surface area contributed by atoms with E-state index < -0.39 is 11.8 Å². The van der Waals surface area contributed by atoms with Crippen LogP contribution in [0.15, 0.2) is 59.1 Å². The second-order valence-electron chi connectivity index (χ2n) is 5.13. The number of benzene rings is 2. The summed E-state index contributed by atoms with van der Waals surface area (Å²) in [5.74, 6) is -0.510. The first-order valence-corrected chi connectivity index (χ1v) is 7.60. The zero-order chi connectivity index (χ0) is 16.9. The van der Waals surface area contributed by atoms with Gasteiger partial charge in [-0.05, 0) is 29.8 Å². The third-order valence-electron chi connectivity index (χ3n) is 3.34. The van der Waals surface area contributed by atoms with Crippen molar-refractivity contribution < 1.29 is 18.4 Å². The Balaban J connectivity index is 1.58. The fourth-order valence-corrected chi connectivity index (χ4v) is 2.27. The molecule has 0 amide bonds. The van der Waals surface area contributed by atoms with Crippen LogP contribution in [0.4, 0.5) is 4.39 Å². The fourth-order valence-electron chi connectivity index (χ4n) is 2.14. The maximum atomic E-state index is 13.7. The van der Waals surface area contributed by atoms with Crippen molar-refractivity contribution in [3.63, 3.8) is 0 Å². The average molecular weight is 346 g/mol. The lowest BCUT2D eigenvalue weighted by Crippen LogP contribution is -2.08. The summed E-state index contributed by atoms with van der Waals surface area (Å²) in [6, 6.07) is 14.7. The number of halogens is 2. The van der Waals surface area contributed by atoms with Crippen LogP contribution in [-0.2, 0) is 22.6 Å². The van der Waals surface area contributed by atoms with Crippen LogP contribution in [0, 0.1) is 5.82 Å². The molecule has 122 valence electrons. The number of nitrogens with zero attached hydrogens (tertiary/aromatic N) is 1. The van der Waals surface area contributed by atoms with E-state index in [1.54, 1.807) is 48.5 Å². The first kappa shape index (κ1) is 16.2. The minimum Gasteiger partial charge on any atom is -0.459 e. The van der Waals surface area contributed by atoms with Crippen LogP contribution in [0.2, 0.25) is 5.02 Å². The molecule has 3 rings (SSSR count). The molecule has 3 aromatic rings. The van der Waals surface area contributed by atoms with E-state index in [0.717, 1.165) is 5.56 Å². The summed E-state index contributed by atoms with van der Waals surface area (Å²) in [5.41, 5.74) is 1.53. The van der Waals surface area contributed by atoms with Crippen LogP contribution < -0.4 is 0 Å². The molecule has 0 saturated heterocycles. The summed E-state index contributed by atoms with van der Waals surface area (Å²) in [7, 11) is 0. The van der Waals surface area contributed by atoms with Crippen LogP contribution in [0.3, 0.4) is 0 Å². The van der Waals surface area contributed by atoms with Crippen LogP contribution in [0.5, 0.6) is 0 Å². The summed E-state index contributed by atoms with van der Waals surface area (Å²) >= 11 is 5.79. The molecule has 0 unspecified atom stereocenters. The van der Waals surface area contributed by atoms with Gasteiger partial charge in [0, 0.05) is 11.1 Å². The minimum atomic E-state index is -0.403. The largest absolute Gasteiger partial charge is 0.459 e. The number of hydrogen-bond donors (Lipinski definition) is 0. The van der Waals surface area contributed by atoms with Gasteiger partial charge in [-0.2, -0.15) is 0 Å². The highest BCUT2D eigenvalue weighted by Crippen LogP contribution is 2.23. The molecule has 4 nitrogen and oxygen atoms in total. The Labute approximate surface area is 142 Å². The lowest BCUT2D eigenvalue weighted by atomic mass is 10.1. The molecule has 2 aromatic carbocycles. The Bertz CT molecular complexity index is 845. The lowest BCUT2D eigenvalue weighted by molar-refractivity contribution is -0.144. The summed E-state index contributed by atoms with van der Waals surface area (Å²) < 4.78 is 23.9. The topological polar surface area (TPSA) is 52.3 Å². The highest BCUT2D eigenvalue weighted by atomic mass is 35.5. The van der Waals surface area contributed by atoms with Crippen molar-refractivity contribution in [2.24, 2.45) is 0 Å². The van der Waals surface area contributed by atoms with Crippen molar-refractivity contribution in [3.8, 4) is 11.3 Å². The molecule has 0 saturated carbocycles. The van der Waals surface area contributed by atoms with E-state index in [1.165, 1.54) is 6.07 Å². The van der Waals surface area contributed by atoms with Crippen LogP contribution in [-0.4, -0.2) is 11.1 Å². The molecule has 0 atom stereocenters. The molecule has 24 heavy (non-hydrogen) atoms. The third-order valence-corrected chi connectivity index (χ3v) is 3.59. The first-order chi connectivity index (χ1) is 11.6. The summed E-state index contributed by atoms with van der Waals surface area (Å²) in [6.45, 7) is -0.0373. The van der Waals surface area contributed by atoms with Crippen LogP contribution >= 0.6 is 11.6 Å². The Morgan fingerprint density at radius 1 is 1.17 bits per heavy atom. The first-order valence-electron chi connectivity index (χ1n) is 7.22. The molecular weight excluding hydrogens is 333 g/mol. The van der Waals surface area contributed by atoms with E-state index in [2.05, 4.69) is 5.16 Å². The highest BCUT2D eigenvalue weighted by Gasteiger charge is 2.12. The Morgan fingerprint density at radius 3 is 2.67 bits per heavy atom. The molecule has 0 aliphatic heterocycles. The normalized spacial score (nSPS) is 10.6. The van der Waals surface area contributed by atoms with Gasteiger partial charge < -0.3 is 9.26 Å². The number of rotatable bonds is 5. The van der Waals surface area contributed by atoms with Gasteiger partial charge in [0.25, 0.3) is 0 Å². The number of hydrogen-bond acceptors (Lipinski definition) is 4. The zero-order valence-electron chi connectivity index (χ0n) is 12.5. The van der Waals surface area contributed by atoms with E-state index in [1.807, 2.05) is 0 Å². The monoisotopic (exact) mass is 345 g/mol. The third kappa shape index (κ3) is 4.00. The Kier molecular flexibility index (Phi) is 4.91. The molecule has 0 aliphatic carbocycles. The van der Waals surface area contributed by atoms with Crippen molar-refractivity contribution in [1.82, 2.24) is 5.16 Å². The molecule has 6 heteroatoms. The SMILES string of the molecule is O=C(Cc1ccc(Cl)cc1)OCc1cc(-c2ccccc2F)on1. The van der Waals surface area contributed by atoms with Gasteiger partial charge in [0.05, 0.1) is 12.0 Å². The molecule has 0 radical (unpaired) electrons. The molecule has 0 aliphatic rings. The van der Waals surface area contributed by atoms with Gasteiger partial charge in [-0.15, -0.1) is 0 Å². The van der Waals surface area contributed by atoms with Crippen molar-refractivity contribution in [1.29, 1.82) is 0 Å². The van der Waals surface area contributed by atoms with Crippen LogP contribution in [0.25, 0.3) is 11.3 Å². The van der Waals surface area contributed by atoms with Crippen molar-refractivity contribution in [2.45, 2.75) is 13.0 Å². The standard InChI is InChI=1S/C18H13ClFNO3/c19-13-7-5-12(6-8-13)9-18(22)23-11-14-10-17(24-21-14)15-3-1-2-4-16(15)20/h1-8,10H,9,11H2. The smallest absolute Gasteiger partial charge is 0.310 e. The summed E-state index contributed by atoms with van der Waals surface area (Å²) in [5, 5.41) is 4.39. The van der Waals surface area contributed by atoms with Crippen molar-refractivity contribution in [3.05, 3.63) is 76.7 Å². The fraction of sp³-hybridized carbons (Fsp3) is 0.111. The molecular formula is C18H13ClFNO3. The lowest BCUT2D eigenvalue weighted by Gasteiger charge is -2.02. The van der Waals surface area contributed by atoms with Gasteiger partial charge in [-0.3, -0.25) is 4.79 Å². The van der Waals surface area contributed by atoms with E-state index in [4.69, 9.17) is 20.9 Å². The second-order valence-corrected chi connectivity index (χ2v) is 5.56. The van der Waals surface area contributed by atoms with E-state index in [0.29, 0.717) is 16.3 Å². The van der Waals surface area contributed by atoms with Gasteiger partial charge in [0.2, 0.25) is 0 Å². The van der Waals surface area contributed by atoms with Gasteiger partial charge in [0.15, 0.2) is 5.76 Å². The molecule has 1 heterocycles. The number of carbonyl (C=O) groups is 1. The molecule has 0 fully saturated rings. The molecule has 0 N–H and O–H groups in total. The van der Waals surface area contributed by atoms with Gasteiger partial charge >= 0.3 is 5.97 Å². The molecule has 0 spiro atoms. The van der Waals surface area contributed by atoms with E-state index in [-0.39, 0.29) is 18.8 Å². The van der Waals surface area contributed by atoms with Gasteiger partial charge in [0.1, 0.15) is 18.1 Å². The number of carbonyl (C=O) groups excluding carboxylic acids is 1. The highest BCUT2D eigenvalue weighted by molar-refractivity contribution is 6.30. The average Bonchev–Trinajstić information content (AvgIpc) is 3.04. The minimum absolute atomic E-state index is 0.0373. The van der Waals surface area contributed by atoms with E-state index >= 15 is 0 Å². The number of ether oxygens (including phenoxy) is 1. The Morgan fingerprint density at radius 2 is 1.92 bits per heavy atom. The maximum absolute atomic E-state index is 13.7. The quantitative estimate of drug-likeness (QED) is 0.642. The second kappa shape index (κ2) is 7.27. The van der Waals surface area contributed by atoms with Gasteiger partial charge in [-0.1, -0.05) is 41.0 Å². The van der Waals surface area contributed by atoms with Crippen molar-refractivity contribution >= 4 is 17.6 Å². The Hall–Kier alpha value is -2.66. The van der Waals surface area contributed by atoms with Crippen molar-refractivity contribution in [2.75, 3.05) is 0 Å². The zero-order valence-corrected chi connectivity index (χ0v) is 13.3. The molecule has 1 aromatic heterocycles. The van der Waals surface area contributed by atoms with E-state index in [9.17, 15) is 9.18 Å². The summed E-state index contributed by atoms with van der Waals surface area (Å²) in [6.07, 6.45) is 0.134. The predicted octanol–water partition coefficient (Wildman–Crippen LogP) is 4.42. The predicted molar refractivity (Wildman–Crippen MR) is 86.8 cm³/mol. The number of esters is 1. The van der Waals surface area contributed by atoms with Crippen LogP contribution in [0.1, 0.15) is 11.3 Å².